The molecule has 5 nitrogen and oxygen atoms in total. The number of amides is 1. The third-order valence-electron chi connectivity index (χ3n) is 3.10. The summed E-state index contributed by atoms with van der Waals surface area (Å²) in [6.07, 6.45) is 1.55. The first kappa shape index (κ1) is 15.8. The van der Waals surface area contributed by atoms with E-state index in [9.17, 15) is 4.79 Å². The number of fused-ring (bicyclic) bond motifs is 1. The number of carbonyl (C=O) groups is 1. The van der Waals surface area contributed by atoms with Gasteiger partial charge in [-0.25, -0.2) is 4.98 Å². The Morgan fingerprint density at radius 3 is 2.68 bits per heavy atom. The van der Waals surface area contributed by atoms with E-state index in [1.165, 1.54) is 0 Å². The van der Waals surface area contributed by atoms with Crippen molar-refractivity contribution < 1.29 is 4.79 Å². The molecule has 0 bridgehead atoms. The third-order valence-corrected chi connectivity index (χ3v) is 3.10. The van der Waals surface area contributed by atoms with Gasteiger partial charge in [0.15, 0.2) is 0 Å². The van der Waals surface area contributed by atoms with Crippen LogP contribution in [0, 0.1) is 0 Å². The average Bonchev–Trinajstić information content (AvgIpc) is 2.95. The molecule has 0 aliphatic heterocycles. The molecule has 1 saturated carbocycles. The Labute approximate surface area is 123 Å². The Hall–Kier alpha value is -1.30. The Balaban J connectivity index is 0.000000902. The summed E-state index contributed by atoms with van der Waals surface area (Å²) in [6.45, 7) is 0.395. The maximum Gasteiger partial charge on any atom is 0.240 e. The monoisotopic (exact) mass is 302 g/mol. The van der Waals surface area contributed by atoms with E-state index < -0.39 is 5.54 Å². The average molecular weight is 303 g/mol. The van der Waals surface area contributed by atoms with E-state index in [0.29, 0.717) is 6.54 Å². The molecule has 1 fully saturated rings. The molecule has 0 spiro atoms. The van der Waals surface area contributed by atoms with Crippen molar-refractivity contribution in [2.75, 3.05) is 0 Å². The molecule has 3 rings (SSSR count). The SMILES string of the molecule is Cl.Cl.NC1(C(=O)NCc2nc3ccccc3[nH]2)CC1. The molecule has 1 amide bonds. The van der Waals surface area contributed by atoms with Crippen molar-refractivity contribution in [3.63, 3.8) is 0 Å². The minimum Gasteiger partial charge on any atom is -0.347 e. The summed E-state index contributed by atoms with van der Waals surface area (Å²) in [4.78, 5) is 19.2. The molecule has 1 aliphatic carbocycles. The second-order valence-corrected chi connectivity index (χ2v) is 4.54. The molecule has 1 aliphatic rings. The highest BCUT2D eigenvalue weighted by atomic mass is 35.5. The number of hydrogen-bond acceptors (Lipinski definition) is 3. The van der Waals surface area contributed by atoms with Crippen LogP contribution in [0.15, 0.2) is 24.3 Å². The normalized spacial score (nSPS) is 15.2. The van der Waals surface area contributed by atoms with Gasteiger partial charge >= 0.3 is 0 Å². The van der Waals surface area contributed by atoms with Crippen LogP contribution < -0.4 is 11.1 Å². The fraction of sp³-hybridized carbons (Fsp3) is 0.333. The minimum atomic E-state index is -0.619. The van der Waals surface area contributed by atoms with Crippen molar-refractivity contribution >= 4 is 41.8 Å². The topological polar surface area (TPSA) is 83.8 Å². The van der Waals surface area contributed by atoms with E-state index in [1.54, 1.807) is 0 Å². The zero-order valence-corrected chi connectivity index (χ0v) is 11.8. The van der Waals surface area contributed by atoms with Gasteiger partial charge in [0.05, 0.1) is 23.1 Å². The first-order valence-electron chi connectivity index (χ1n) is 5.68. The number of para-hydroxylation sites is 2. The standard InChI is InChI=1S/C12H14N4O.2ClH/c13-12(5-6-12)11(17)14-7-10-15-8-3-1-2-4-9(8)16-10;;/h1-4H,5-7,13H2,(H,14,17)(H,15,16);2*1H. The molecule has 0 radical (unpaired) electrons. The highest BCUT2D eigenvalue weighted by Gasteiger charge is 2.45. The van der Waals surface area contributed by atoms with Crippen LogP contribution in [0.2, 0.25) is 0 Å². The van der Waals surface area contributed by atoms with Gasteiger partial charge in [0.1, 0.15) is 5.82 Å². The summed E-state index contributed by atoms with van der Waals surface area (Å²) in [5, 5.41) is 2.80. The lowest BCUT2D eigenvalue weighted by Gasteiger charge is -2.08. The smallest absolute Gasteiger partial charge is 0.240 e. The fourth-order valence-corrected chi connectivity index (χ4v) is 1.79. The van der Waals surface area contributed by atoms with Crippen LogP contribution in [-0.4, -0.2) is 21.4 Å². The van der Waals surface area contributed by atoms with Crippen LogP contribution in [0.5, 0.6) is 0 Å². The summed E-state index contributed by atoms with van der Waals surface area (Å²) < 4.78 is 0. The quantitative estimate of drug-likeness (QED) is 0.803. The number of rotatable bonds is 3. The molecule has 0 atom stereocenters. The van der Waals surface area contributed by atoms with Gasteiger partial charge in [0.2, 0.25) is 5.91 Å². The van der Waals surface area contributed by atoms with Crippen molar-refractivity contribution in [1.82, 2.24) is 15.3 Å². The molecular weight excluding hydrogens is 287 g/mol. The zero-order chi connectivity index (χ0) is 11.9. The lowest BCUT2D eigenvalue weighted by molar-refractivity contribution is -0.123. The number of nitrogens with zero attached hydrogens (tertiary/aromatic N) is 1. The highest BCUT2D eigenvalue weighted by molar-refractivity contribution is 5.89. The molecule has 0 unspecified atom stereocenters. The number of imidazole rings is 1. The first-order chi connectivity index (χ1) is 8.17. The molecule has 19 heavy (non-hydrogen) atoms. The van der Waals surface area contributed by atoms with Gasteiger partial charge in [-0.1, -0.05) is 12.1 Å². The molecule has 0 saturated heterocycles. The summed E-state index contributed by atoms with van der Waals surface area (Å²) in [6, 6.07) is 7.77. The van der Waals surface area contributed by atoms with Crippen LogP contribution in [0.1, 0.15) is 18.7 Å². The second kappa shape index (κ2) is 5.77. The van der Waals surface area contributed by atoms with E-state index in [-0.39, 0.29) is 30.7 Å². The van der Waals surface area contributed by atoms with Crippen molar-refractivity contribution in [3.05, 3.63) is 30.1 Å². The molecule has 4 N–H and O–H groups in total. The number of aromatic nitrogens is 2. The Kier molecular flexibility index (Phi) is 4.79. The van der Waals surface area contributed by atoms with E-state index in [1.807, 2.05) is 24.3 Å². The van der Waals surface area contributed by atoms with Crippen LogP contribution in [-0.2, 0) is 11.3 Å². The van der Waals surface area contributed by atoms with E-state index >= 15 is 0 Å². The molecule has 1 aromatic heterocycles. The van der Waals surface area contributed by atoms with Crippen molar-refractivity contribution in [2.45, 2.75) is 24.9 Å². The maximum atomic E-state index is 11.6. The Bertz CT molecular complexity index is 547. The van der Waals surface area contributed by atoms with Gasteiger partial charge in [-0.3, -0.25) is 4.79 Å². The molecule has 104 valence electrons. The van der Waals surface area contributed by atoms with Crippen molar-refractivity contribution in [2.24, 2.45) is 5.73 Å². The number of aromatic amines is 1. The van der Waals surface area contributed by atoms with E-state index in [2.05, 4.69) is 15.3 Å². The number of hydrogen-bond donors (Lipinski definition) is 3. The van der Waals surface area contributed by atoms with Crippen LogP contribution >= 0.6 is 24.8 Å². The molecular formula is C12H16Cl2N4O. The summed E-state index contributed by atoms with van der Waals surface area (Å²) >= 11 is 0. The molecule has 1 heterocycles. The summed E-state index contributed by atoms with van der Waals surface area (Å²) in [5.41, 5.74) is 7.05. The van der Waals surface area contributed by atoms with Gasteiger partial charge in [0, 0.05) is 0 Å². The van der Waals surface area contributed by atoms with Crippen molar-refractivity contribution in [1.29, 1.82) is 0 Å². The number of benzene rings is 1. The van der Waals surface area contributed by atoms with Gasteiger partial charge in [-0.05, 0) is 25.0 Å². The molecule has 2 aromatic rings. The number of H-pyrrole nitrogens is 1. The minimum absolute atomic E-state index is 0. The van der Waals surface area contributed by atoms with Gasteiger partial charge in [-0.2, -0.15) is 0 Å². The number of nitrogens with two attached hydrogens (primary N) is 1. The van der Waals surface area contributed by atoms with E-state index in [4.69, 9.17) is 5.73 Å². The van der Waals surface area contributed by atoms with Gasteiger partial charge in [-0.15, -0.1) is 24.8 Å². The van der Waals surface area contributed by atoms with Crippen molar-refractivity contribution in [3.8, 4) is 0 Å². The number of nitrogens with one attached hydrogen (secondary N) is 2. The van der Waals surface area contributed by atoms with Gasteiger partial charge in [0.25, 0.3) is 0 Å². The first-order valence-corrected chi connectivity index (χ1v) is 5.68. The van der Waals surface area contributed by atoms with Crippen LogP contribution in [0.3, 0.4) is 0 Å². The number of halogens is 2. The summed E-state index contributed by atoms with van der Waals surface area (Å²) in [5.74, 6) is 0.668. The Morgan fingerprint density at radius 1 is 1.37 bits per heavy atom. The Morgan fingerprint density at radius 2 is 2.05 bits per heavy atom. The third kappa shape index (κ3) is 3.18. The predicted octanol–water partition coefficient (Wildman–Crippen LogP) is 1.51. The summed E-state index contributed by atoms with van der Waals surface area (Å²) in [7, 11) is 0. The zero-order valence-electron chi connectivity index (χ0n) is 10.2. The van der Waals surface area contributed by atoms with Crippen LogP contribution in [0.25, 0.3) is 11.0 Å². The second-order valence-electron chi connectivity index (χ2n) is 4.54. The molecule has 1 aromatic carbocycles. The lowest BCUT2D eigenvalue weighted by Crippen LogP contribution is -2.42. The van der Waals surface area contributed by atoms with Crippen LogP contribution in [0.4, 0.5) is 0 Å². The maximum absolute atomic E-state index is 11.6. The van der Waals surface area contributed by atoms with Gasteiger partial charge < -0.3 is 16.0 Å². The fourth-order valence-electron chi connectivity index (χ4n) is 1.79. The lowest BCUT2D eigenvalue weighted by atomic mass is 10.3. The van der Waals surface area contributed by atoms with E-state index in [0.717, 1.165) is 29.7 Å². The highest BCUT2D eigenvalue weighted by Crippen LogP contribution is 2.32. The number of carbonyl (C=O) groups excluding carboxylic acids is 1. The predicted molar refractivity (Wildman–Crippen MR) is 78.6 cm³/mol. The molecule has 7 heteroatoms. The largest absolute Gasteiger partial charge is 0.347 e.